The monoisotopic (exact) mass is 705 g/mol. The molecule has 13 nitrogen and oxygen atoms in total. The third-order valence-corrected chi connectivity index (χ3v) is 12.6. The zero-order valence-corrected chi connectivity index (χ0v) is 28.5. The van der Waals surface area contributed by atoms with Crippen molar-refractivity contribution in [2.75, 3.05) is 13.7 Å². The Morgan fingerprint density at radius 2 is 1.59 bits per heavy atom. The number of aliphatic hydroxyl groups excluding tert-OH is 2. The van der Waals surface area contributed by atoms with E-state index in [9.17, 15) is 44.7 Å². The van der Waals surface area contributed by atoms with E-state index < -0.39 is 101 Å². The normalized spacial score (nSPS) is 36.3. The van der Waals surface area contributed by atoms with E-state index in [1.54, 1.807) is 6.92 Å². The zero-order chi connectivity index (χ0) is 36.1. The van der Waals surface area contributed by atoms with Gasteiger partial charge in [-0.3, -0.25) is 19.2 Å². The lowest BCUT2D eigenvalue weighted by atomic mass is 9.49. The van der Waals surface area contributed by atoms with E-state index in [1.165, 1.54) is 25.3 Å². The van der Waals surface area contributed by atoms with E-state index in [-0.39, 0.29) is 40.3 Å². The maximum Gasteiger partial charge on any atom is 0.226 e. The van der Waals surface area contributed by atoms with Crippen molar-refractivity contribution in [1.29, 1.82) is 0 Å². The molecule has 6 atom stereocenters. The van der Waals surface area contributed by atoms with Crippen LogP contribution in [0.4, 0.5) is 0 Å². The van der Waals surface area contributed by atoms with Gasteiger partial charge in [-0.05, 0) is 69.3 Å². The van der Waals surface area contributed by atoms with Gasteiger partial charge in [0, 0.05) is 41.4 Å². The number of hydrogen-bond acceptors (Lipinski definition) is 12. The van der Waals surface area contributed by atoms with Gasteiger partial charge in [-0.2, -0.15) is 0 Å². The molecule has 2 aromatic carbocycles. The molecule has 7 aliphatic rings. The highest BCUT2D eigenvalue weighted by Crippen LogP contribution is 2.60. The predicted octanol–water partition coefficient (Wildman–Crippen LogP) is 2.38. The minimum atomic E-state index is -2.29. The van der Waals surface area contributed by atoms with Crippen LogP contribution in [0.2, 0.25) is 0 Å². The van der Waals surface area contributed by atoms with Crippen molar-refractivity contribution in [3.8, 4) is 17.2 Å². The fourth-order valence-electron chi connectivity index (χ4n) is 10.6. The molecule has 0 unspecified atom stereocenters. The molecular formula is C38H43NO12. The van der Waals surface area contributed by atoms with Crippen LogP contribution in [0.3, 0.4) is 0 Å². The molecule has 51 heavy (non-hydrogen) atoms. The Kier molecular flexibility index (Phi) is 8.11. The Bertz CT molecular complexity index is 1820. The summed E-state index contributed by atoms with van der Waals surface area (Å²) in [6.45, 7) is 0.585. The Hall–Kier alpha value is -3.88. The van der Waals surface area contributed by atoms with Gasteiger partial charge < -0.3 is 45.1 Å². The molecule has 1 aliphatic heterocycles. The number of hydrogen-bond donors (Lipinski definition) is 6. The third-order valence-electron chi connectivity index (χ3n) is 12.6. The van der Waals surface area contributed by atoms with Crippen molar-refractivity contribution >= 4 is 23.3 Å². The molecule has 1 heterocycles. The number of phenolic OH excluding ortho intramolecular Hbond substituents is 2. The lowest BCUT2D eigenvalue weighted by Crippen LogP contribution is -2.60. The first kappa shape index (κ1) is 34.2. The maximum absolute atomic E-state index is 14.0. The second-order valence-electron chi connectivity index (χ2n) is 15.8. The Balaban J connectivity index is 1.13. The minimum absolute atomic E-state index is 0.0263. The maximum atomic E-state index is 14.0. The molecule has 1 amide bonds. The van der Waals surface area contributed by atoms with Gasteiger partial charge in [0.1, 0.15) is 35.6 Å². The molecular weight excluding hydrogens is 662 g/mol. The molecule has 1 saturated heterocycles. The van der Waals surface area contributed by atoms with Gasteiger partial charge in [-0.1, -0.05) is 12.1 Å². The molecule has 0 spiro atoms. The molecule has 13 heteroatoms. The molecule has 6 N–H and O–H groups in total. The second kappa shape index (κ2) is 12.1. The van der Waals surface area contributed by atoms with Crippen LogP contribution in [-0.2, 0) is 25.5 Å². The molecule has 2 aromatic rings. The summed E-state index contributed by atoms with van der Waals surface area (Å²) in [4.78, 5) is 54.6. The largest absolute Gasteiger partial charge is 0.507 e. The summed E-state index contributed by atoms with van der Waals surface area (Å²) in [6, 6.07) is 3.62. The molecule has 4 bridgehead atoms. The van der Waals surface area contributed by atoms with Crippen LogP contribution >= 0.6 is 0 Å². The number of ether oxygens (including phenoxy) is 3. The van der Waals surface area contributed by atoms with Crippen molar-refractivity contribution in [2.45, 2.75) is 101 Å². The first-order valence-corrected chi connectivity index (χ1v) is 17.8. The van der Waals surface area contributed by atoms with Crippen LogP contribution in [0.1, 0.15) is 107 Å². The number of carbonyl (C=O) groups is 4. The number of Topliss-reactive ketones (excluding diaryl/α,β-unsaturated/α-hetero) is 1. The Morgan fingerprint density at radius 1 is 0.941 bits per heavy atom. The van der Waals surface area contributed by atoms with E-state index >= 15 is 0 Å². The number of carbonyl (C=O) groups excluding carboxylic acids is 4. The molecule has 9 rings (SSSR count). The van der Waals surface area contributed by atoms with Gasteiger partial charge in [-0.15, -0.1) is 0 Å². The summed E-state index contributed by atoms with van der Waals surface area (Å²) in [7, 11) is 1.33. The SMILES string of the molecule is COc1cccc2c1C(=O)c1c(O)c3c(c(O)c1C2=O)C[C@@](O)(C(=O)CO)C[C@@H]3O[C@H]1C[C@H](NC(=O)C23CC4CC(CC(C4)C2)C3)[C@H](O)[C@H](C)O1. The number of methoxy groups -OCH3 is 1. The van der Waals surface area contributed by atoms with Crippen molar-refractivity contribution < 1.29 is 58.9 Å². The number of aliphatic hydroxyl groups is 3. The number of rotatable bonds is 7. The summed E-state index contributed by atoms with van der Waals surface area (Å²) in [6.07, 6.45) is 0.432. The van der Waals surface area contributed by atoms with Gasteiger partial charge in [-0.25, -0.2) is 0 Å². The van der Waals surface area contributed by atoms with Crippen LogP contribution in [0.15, 0.2) is 18.2 Å². The van der Waals surface area contributed by atoms with Crippen LogP contribution in [0.25, 0.3) is 0 Å². The standard InChI is InChI=1S/C38H43NO12/c1-16-31(42)22(39-36(47)37-10-17-6-18(11-37)8-19(7-17)12-37)9-26(50-16)51-24-14-38(48,25(41)15-40)13-21-28(24)35(46)30-29(33(21)44)32(43)20-4-3-5-23(49-2)27(20)34(30)45/h3-5,16-19,22,24,26,31,40,42,44,46,48H,6-15H2,1-2H3,(H,39,47)/t16-,17?,18?,19?,22-,24-,26-,31+,37?,38-/m0/s1. The summed E-state index contributed by atoms with van der Waals surface area (Å²) in [5, 5.41) is 59.0. The molecule has 0 aromatic heterocycles. The highest BCUT2D eigenvalue weighted by Gasteiger charge is 2.56. The summed E-state index contributed by atoms with van der Waals surface area (Å²) in [5.74, 6) is -2.30. The van der Waals surface area contributed by atoms with Gasteiger partial charge in [0.05, 0.1) is 42.0 Å². The van der Waals surface area contributed by atoms with Crippen molar-refractivity contribution in [3.05, 3.63) is 51.6 Å². The van der Waals surface area contributed by atoms with Crippen molar-refractivity contribution in [1.82, 2.24) is 5.32 Å². The number of aromatic hydroxyl groups is 2. The quantitative estimate of drug-likeness (QED) is 0.196. The first-order valence-electron chi connectivity index (χ1n) is 17.8. The van der Waals surface area contributed by atoms with Gasteiger partial charge in [0.2, 0.25) is 11.7 Å². The number of amides is 1. The molecule has 5 fully saturated rings. The topological polar surface area (TPSA) is 209 Å². The molecule has 6 aliphatic carbocycles. The predicted molar refractivity (Wildman–Crippen MR) is 176 cm³/mol. The lowest BCUT2D eigenvalue weighted by molar-refractivity contribution is -0.250. The van der Waals surface area contributed by atoms with Gasteiger partial charge >= 0.3 is 0 Å². The molecule has 0 radical (unpaired) electrons. The van der Waals surface area contributed by atoms with Crippen LogP contribution in [0.5, 0.6) is 17.2 Å². The van der Waals surface area contributed by atoms with Gasteiger partial charge in [0.15, 0.2) is 17.9 Å². The Labute approximate surface area is 293 Å². The highest BCUT2D eigenvalue weighted by molar-refractivity contribution is 6.31. The van der Waals surface area contributed by atoms with Gasteiger partial charge in [0.25, 0.3) is 0 Å². The number of fused-ring (bicyclic) bond motifs is 3. The minimum Gasteiger partial charge on any atom is -0.507 e. The summed E-state index contributed by atoms with van der Waals surface area (Å²) >= 11 is 0. The van der Waals surface area contributed by atoms with Crippen LogP contribution in [0, 0.1) is 23.2 Å². The van der Waals surface area contributed by atoms with Crippen molar-refractivity contribution in [3.63, 3.8) is 0 Å². The average molecular weight is 706 g/mol. The smallest absolute Gasteiger partial charge is 0.226 e. The van der Waals surface area contributed by atoms with Crippen LogP contribution in [-0.4, -0.2) is 92.6 Å². The summed E-state index contributed by atoms with van der Waals surface area (Å²) < 4.78 is 17.7. The zero-order valence-electron chi connectivity index (χ0n) is 28.5. The number of ketones is 3. The second-order valence-corrected chi connectivity index (χ2v) is 15.8. The van der Waals surface area contributed by atoms with E-state index in [2.05, 4.69) is 5.32 Å². The number of benzene rings is 2. The fourth-order valence-corrected chi connectivity index (χ4v) is 10.6. The van der Waals surface area contributed by atoms with E-state index in [0.29, 0.717) is 17.8 Å². The average Bonchev–Trinajstić information content (AvgIpc) is 3.09. The fraction of sp³-hybridized carbons (Fsp3) is 0.579. The van der Waals surface area contributed by atoms with Crippen molar-refractivity contribution in [2.24, 2.45) is 23.2 Å². The van der Waals surface area contributed by atoms with E-state index in [4.69, 9.17) is 14.2 Å². The molecule has 4 saturated carbocycles. The Morgan fingerprint density at radius 3 is 2.22 bits per heavy atom. The number of nitrogens with one attached hydrogen (secondary N) is 1. The lowest BCUT2D eigenvalue weighted by Gasteiger charge is -2.56. The van der Waals surface area contributed by atoms with E-state index in [1.807, 2.05) is 0 Å². The van der Waals surface area contributed by atoms with E-state index in [0.717, 1.165) is 38.5 Å². The molecule has 272 valence electrons. The highest BCUT2D eigenvalue weighted by atomic mass is 16.7. The third kappa shape index (κ3) is 5.22. The number of phenols is 2. The first-order chi connectivity index (χ1) is 24.3. The van der Waals surface area contributed by atoms with Crippen LogP contribution < -0.4 is 10.1 Å². The summed E-state index contributed by atoms with van der Waals surface area (Å²) in [5.41, 5.74) is -4.21.